The van der Waals surface area contributed by atoms with Crippen molar-refractivity contribution in [3.63, 3.8) is 0 Å². The molecule has 0 saturated carbocycles. The Morgan fingerprint density at radius 1 is 1.36 bits per heavy atom. The van der Waals surface area contributed by atoms with E-state index in [4.69, 9.17) is 5.73 Å². The second kappa shape index (κ2) is 2.27. The second-order valence-electron chi connectivity index (χ2n) is 2.41. The molecule has 0 radical (unpaired) electrons. The number of aromatic amines is 1. The van der Waals surface area contributed by atoms with Crippen molar-refractivity contribution in [2.45, 2.75) is 0 Å². The Bertz CT molecular complexity index is 392. The van der Waals surface area contributed by atoms with Crippen LogP contribution in [0, 0.1) is 0 Å². The molecule has 2 nitrogen and oxygen atoms in total. The lowest BCUT2D eigenvalue weighted by Crippen LogP contribution is -1.79. The van der Waals surface area contributed by atoms with Gasteiger partial charge in [0.1, 0.15) is 0 Å². The van der Waals surface area contributed by atoms with Gasteiger partial charge in [0.05, 0.1) is 11.2 Å². The minimum atomic E-state index is 0.793. The molecule has 2 rings (SSSR count). The van der Waals surface area contributed by atoms with E-state index < -0.39 is 0 Å². The van der Waals surface area contributed by atoms with E-state index in [1.807, 2.05) is 18.2 Å². The summed E-state index contributed by atoms with van der Waals surface area (Å²) in [5, 5.41) is 1.07. The molecule has 3 heteroatoms. The monoisotopic (exact) mass is 210 g/mol. The van der Waals surface area contributed by atoms with E-state index in [1.54, 1.807) is 6.20 Å². The van der Waals surface area contributed by atoms with Crippen molar-refractivity contribution in [3.05, 3.63) is 28.9 Å². The number of H-pyrrole nitrogens is 1. The van der Waals surface area contributed by atoms with Crippen molar-refractivity contribution >= 4 is 32.5 Å². The van der Waals surface area contributed by atoms with Gasteiger partial charge in [0.15, 0.2) is 0 Å². The van der Waals surface area contributed by atoms with Gasteiger partial charge in [-0.1, -0.05) is 12.1 Å². The first-order valence-electron chi connectivity index (χ1n) is 3.30. The zero-order valence-corrected chi connectivity index (χ0v) is 7.35. The highest BCUT2D eigenvalue weighted by molar-refractivity contribution is 9.10. The zero-order chi connectivity index (χ0) is 7.84. The van der Waals surface area contributed by atoms with Crippen molar-refractivity contribution in [2.24, 2.45) is 0 Å². The van der Waals surface area contributed by atoms with E-state index in [-0.39, 0.29) is 0 Å². The van der Waals surface area contributed by atoms with Crippen LogP contribution in [0.15, 0.2) is 28.9 Å². The van der Waals surface area contributed by atoms with E-state index in [0.29, 0.717) is 0 Å². The predicted molar refractivity (Wildman–Crippen MR) is 50.4 cm³/mol. The molecule has 0 fully saturated rings. The Balaban J connectivity index is 2.94. The normalized spacial score (nSPS) is 10.6. The molecule has 0 saturated heterocycles. The Morgan fingerprint density at radius 3 is 2.91 bits per heavy atom. The molecule has 0 aliphatic rings. The summed E-state index contributed by atoms with van der Waals surface area (Å²) in [5.41, 5.74) is 7.55. The summed E-state index contributed by atoms with van der Waals surface area (Å²) >= 11 is 3.42. The fourth-order valence-electron chi connectivity index (χ4n) is 1.14. The SMILES string of the molecule is Nc1c[nH]c2c(Br)cccc12. The first-order valence-corrected chi connectivity index (χ1v) is 4.09. The number of benzene rings is 1. The van der Waals surface area contributed by atoms with Crippen LogP contribution in [0.2, 0.25) is 0 Å². The lowest BCUT2D eigenvalue weighted by atomic mass is 10.2. The van der Waals surface area contributed by atoms with Crippen molar-refractivity contribution in [3.8, 4) is 0 Å². The summed E-state index contributed by atoms with van der Waals surface area (Å²) < 4.78 is 1.05. The van der Waals surface area contributed by atoms with Gasteiger partial charge in [-0.15, -0.1) is 0 Å². The molecule has 0 spiro atoms. The number of fused-ring (bicyclic) bond motifs is 1. The first-order chi connectivity index (χ1) is 5.29. The largest absolute Gasteiger partial charge is 0.397 e. The molecular formula is C8H7BrN2. The van der Waals surface area contributed by atoms with Gasteiger partial charge in [0.25, 0.3) is 0 Å². The maximum absolute atomic E-state index is 5.69. The molecule has 1 aromatic heterocycles. The van der Waals surface area contributed by atoms with Crippen LogP contribution in [0.1, 0.15) is 0 Å². The third-order valence-electron chi connectivity index (χ3n) is 1.70. The molecule has 2 aromatic rings. The van der Waals surface area contributed by atoms with Crippen LogP contribution in [-0.2, 0) is 0 Å². The minimum absolute atomic E-state index is 0.793. The van der Waals surface area contributed by atoms with E-state index >= 15 is 0 Å². The van der Waals surface area contributed by atoms with Gasteiger partial charge < -0.3 is 10.7 Å². The number of nitrogens with one attached hydrogen (secondary N) is 1. The van der Waals surface area contributed by atoms with Crippen molar-refractivity contribution in [2.75, 3.05) is 5.73 Å². The highest BCUT2D eigenvalue weighted by Crippen LogP contribution is 2.26. The van der Waals surface area contributed by atoms with Gasteiger partial charge in [0, 0.05) is 16.1 Å². The van der Waals surface area contributed by atoms with Gasteiger partial charge in [-0.25, -0.2) is 0 Å². The van der Waals surface area contributed by atoms with E-state index in [2.05, 4.69) is 20.9 Å². The highest BCUT2D eigenvalue weighted by Gasteiger charge is 2.01. The molecule has 0 unspecified atom stereocenters. The van der Waals surface area contributed by atoms with E-state index in [9.17, 15) is 0 Å². The Morgan fingerprint density at radius 2 is 2.18 bits per heavy atom. The summed E-state index contributed by atoms with van der Waals surface area (Å²) in [6.45, 7) is 0. The quantitative estimate of drug-likeness (QED) is 0.690. The Labute approximate surface area is 72.5 Å². The number of nitrogen functional groups attached to an aromatic ring is 1. The van der Waals surface area contributed by atoms with Gasteiger partial charge in [-0.3, -0.25) is 0 Å². The van der Waals surface area contributed by atoms with Crippen molar-refractivity contribution in [1.82, 2.24) is 4.98 Å². The number of hydrogen-bond donors (Lipinski definition) is 2. The third kappa shape index (κ3) is 0.922. The fraction of sp³-hybridized carbons (Fsp3) is 0. The Kier molecular flexibility index (Phi) is 1.39. The molecular weight excluding hydrogens is 204 g/mol. The molecule has 1 aromatic carbocycles. The van der Waals surface area contributed by atoms with Crippen LogP contribution in [0.5, 0.6) is 0 Å². The van der Waals surface area contributed by atoms with Crippen LogP contribution in [0.3, 0.4) is 0 Å². The molecule has 0 amide bonds. The van der Waals surface area contributed by atoms with Gasteiger partial charge in [-0.2, -0.15) is 0 Å². The molecule has 56 valence electrons. The predicted octanol–water partition coefficient (Wildman–Crippen LogP) is 2.51. The van der Waals surface area contributed by atoms with E-state index in [1.165, 1.54) is 0 Å². The topological polar surface area (TPSA) is 41.8 Å². The summed E-state index contributed by atoms with van der Waals surface area (Å²) in [4.78, 5) is 3.08. The number of hydrogen-bond acceptors (Lipinski definition) is 1. The molecule has 0 atom stereocenters. The average molecular weight is 211 g/mol. The summed E-state index contributed by atoms with van der Waals surface area (Å²) in [5.74, 6) is 0. The molecule has 11 heavy (non-hydrogen) atoms. The summed E-state index contributed by atoms with van der Waals surface area (Å²) in [7, 11) is 0. The molecule has 0 bridgehead atoms. The number of anilines is 1. The lowest BCUT2D eigenvalue weighted by Gasteiger charge is -1.92. The second-order valence-corrected chi connectivity index (χ2v) is 3.26. The lowest BCUT2D eigenvalue weighted by molar-refractivity contribution is 1.46. The smallest absolute Gasteiger partial charge is 0.0619 e. The molecule has 3 N–H and O–H groups in total. The average Bonchev–Trinajstić information content (AvgIpc) is 2.35. The maximum Gasteiger partial charge on any atom is 0.0619 e. The van der Waals surface area contributed by atoms with Gasteiger partial charge in [0.2, 0.25) is 0 Å². The number of halogens is 1. The van der Waals surface area contributed by atoms with Gasteiger partial charge in [-0.05, 0) is 22.0 Å². The molecule has 1 heterocycles. The van der Waals surface area contributed by atoms with Crippen LogP contribution in [-0.4, -0.2) is 4.98 Å². The number of aromatic nitrogens is 1. The molecule has 0 aliphatic heterocycles. The number of para-hydroxylation sites is 1. The highest BCUT2D eigenvalue weighted by atomic mass is 79.9. The molecule has 0 aliphatic carbocycles. The number of nitrogens with two attached hydrogens (primary N) is 1. The third-order valence-corrected chi connectivity index (χ3v) is 2.36. The first kappa shape index (κ1) is 6.73. The fourth-order valence-corrected chi connectivity index (χ4v) is 1.62. The zero-order valence-electron chi connectivity index (χ0n) is 5.76. The van der Waals surface area contributed by atoms with Gasteiger partial charge >= 0.3 is 0 Å². The van der Waals surface area contributed by atoms with Crippen molar-refractivity contribution in [1.29, 1.82) is 0 Å². The Hall–Kier alpha value is -0.960. The van der Waals surface area contributed by atoms with Crippen LogP contribution < -0.4 is 5.73 Å². The standard InChI is InChI=1S/C8H7BrN2/c9-6-3-1-2-5-7(10)4-11-8(5)6/h1-4,11H,10H2. The van der Waals surface area contributed by atoms with Crippen LogP contribution in [0.4, 0.5) is 5.69 Å². The van der Waals surface area contributed by atoms with Crippen LogP contribution in [0.25, 0.3) is 10.9 Å². The summed E-state index contributed by atoms with van der Waals surface area (Å²) in [6, 6.07) is 5.95. The summed E-state index contributed by atoms with van der Waals surface area (Å²) in [6.07, 6.45) is 1.80. The van der Waals surface area contributed by atoms with Crippen molar-refractivity contribution < 1.29 is 0 Å². The number of rotatable bonds is 0. The minimum Gasteiger partial charge on any atom is -0.397 e. The van der Waals surface area contributed by atoms with Crippen LogP contribution >= 0.6 is 15.9 Å². The van der Waals surface area contributed by atoms with E-state index in [0.717, 1.165) is 21.1 Å². The maximum atomic E-state index is 5.69.